The molecule has 1 amide bonds. The number of rotatable bonds is 9. The third kappa shape index (κ3) is 5.47. The van der Waals surface area contributed by atoms with Crippen molar-refractivity contribution in [3.8, 4) is 0 Å². The molecule has 0 bridgehead atoms. The van der Waals surface area contributed by atoms with Gasteiger partial charge in [-0.25, -0.2) is 0 Å². The van der Waals surface area contributed by atoms with Crippen molar-refractivity contribution in [3.63, 3.8) is 0 Å². The van der Waals surface area contributed by atoms with Crippen LogP contribution in [0, 0.1) is 0 Å². The average Bonchev–Trinajstić information content (AvgIpc) is 3.09. The summed E-state index contributed by atoms with van der Waals surface area (Å²) in [4.78, 5) is 13.8. The predicted octanol–water partition coefficient (Wildman–Crippen LogP) is 0.587. The Kier molecular flexibility index (Phi) is 6.42. The normalized spacial score (nSPS) is 15.4. The molecular formula is C12H25N3O. The van der Waals surface area contributed by atoms with Crippen molar-refractivity contribution < 1.29 is 4.79 Å². The van der Waals surface area contributed by atoms with Gasteiger partial charge < -0.3 is 10.6 Å². The minimum Gasteiger partial charge on any atom is -0.354 e. The van der Waals surface area contributed by atoms with Gasteiger partial charge in [0.2, 0.25) is 5.91 Å². The lowest BCUT2D eigenvalue weighted by Gasteiger charge is -2.19. The highest BCUT2D eigenvalue weighted by Crippen LogP contribution is 2.25. The van der Waals surface area contributed by atoms with Crippen molar-refractivity contribution in [1.82, 2.24) is 15.5 Å². The van der Waals surface area contributed by atoms with E-state index in [1.807, 2.05) is 0 Å². The molecule has 1 fully saturated rings. The van der Waals surface area contributed by atoms with Crippen LogP contribution in [0.25, 0.3) is 0 Å². The number of likely N-dealkylation sites (N-methyl/N-ethyl adjacent to an activating group) is 1. The summed E-state index contributed by atoms with van der Waals surface area (Å²) in [7, 11) is 0. The highest BCUT2D eigenvalue weighted by atomic mass is 16.1. The summed E-state index contributed by atoms with van der Waals surface area (Å²) in [5.74, 6) is 0.111. The molecule has 0 heterocycles. The van der Waals surface area contributed by atoms with Crippen LogP contribution >= 0.6 is 0 Å². The van der Waals surface area contributed by atoms with Gasteiger partial charge in [0, 0.05) is 19.1 Å². The molecule has 4 nitrogen and oxygen atoms in total. The van der Waals surface area contributed by atoms with Crippen molar-refractivity contribution in [2.24, 2.45) is 0 Å². The fraction of sp³-hybridized carbons (Fsp3) is 0.917. The van der Waals surface area contributed by atoms with E-state index in [1.54, 1.807) is 0 Å². The molecule has 1 saturated carbocycles. The fourth-order valence-electron chi connectivity index (χ4n) is 1.82. The van der Waals surface area contributed by atoms with Gasteiger partial charge in [-0.15, -0.1) is 0 Å². The van der Waals surface area contributed by atoms with Gasteiger partial charge in [0.25, 0.3) is 0 Å². The minimum absolute atomic E-state index is 0.111. The monoisotopic (exact) mass is 227 g/mol. The molecule has 0 aromatic heterocycles. The second-order valence-corrected chi connectivity index (χ2v) is 4.39. The first kappa shape index (κ1) is 13.5. The van der Waals surface area contributed by atoms with Crippen LogP contribution < -0.4 is 10.6 Å². The van der Waals surface area contributed by atoms with Crippen LogP contribution in [0.4, 0.5) is 0 Å². The molecule has 0 aliphatic heterocycles. The first-order chi connectivity index (χ1) is 7.77. The highest BCUT2D eigenvalue weighted by molar-refractivity contribution is 5.77. The summed E-state index contributed by atoms with van der Waals surface area (Å²) in [5.41, 5.74) is 0. The Labute approximate surface area is 98.8 Å². The molecule has 94 valence electrons. The molecule has 2 N–H and O–H groups in total. The summed E-state index contributed by atoms with van der Waals surface area (Å²) in [6, 6.07) is 0.792. The Hall–Kier alpha value is -0.610. The van der Waals surface area contributed by atoms with E-state index in [9.17, 15) is 4.79 Å². The number of amides is 1. The van der Waals surface area contributed by atoms with E-state index >= 15 is 0 Å². The molecule has 0 unspecified atom stereocenters. The topological polar surface area (TPSA) is 44.4 Å². The SMILES string of the molecule is CCCNCC(=O)NCCN(CC)C1CC1. The Morgan fingerprint density at radius 1 is 1.31 bits per heavy atom. The Bertz CT molecular complexity index is 204. The first-order valence-corrected chi connectivity index (χ1v) is 6.49. The van der Waals surface area contributed by atoms with Crippen LogP contribution in [0.3, 0.4) is 0 Å². The summed E-state index contributed by atoms with van der Waals surface area (Å²) < 4.78 is 0. The minimum atomic E-state index is 0.111. The van der Waals surface area contributed by atoms with E-state index < -0.39 is 0 Å². The molecule has 1 aliphatic carbocycles. The van der Waals surface area contributed by atoms with Crippen LogP contribution in [0.2, 0.25) is 0 Å². The summed E-state index contributed by atoms with van der Waals surface area (Å²) in [6.07, 6.45) is 3.73. The summed E-state index contributed by atoms with van der Waals surface area (Å²) >= 11 is 0. The predicted molar refractivity (Wildman–Crippen MR) is 66.4 cm³/mol. The van der Waals surface area contributed by atoms with E-state index in [-0.39, 0.29) is 5.91 Å². The Balaban J connectivity index is 1.98. The molecule has 0 atom stereocenters. The van der Waals surface area contributed by atoms with Crippen molar-refractivity contribution in [2.45, 2.75) is 39.2 Å². The third-order valence-electron chi connectivity index (χ3n) is 2.90. The van der Waals surface area contributed by atoms with E-state index in [4.69, 9.17) is 0 Å². The lowest BCUT2D eigenvalue weighted by molar-refractivity contribution is -0.120. The van der Waals surface area contributed by atoms with Crippen LogP contribution in [-0.2, 0) is 4.79 Å². The van der Waals surface area contributed by atoms with E-state index in [0.717, 1.165) is 38.6 Å². The maximum atomic E-state index is 11.4. The zero-order chi connectivity index (χ0) is 11.8. The van der Waals surface area contributed by atoms with Crippen LogP contribution in [-0.4, -0.2) is 49.6 Å². The second kappa shape index (κ2) is 7.63. The van der Waals surface area contributed by atoms with Gasteiger partial charge in [0.05, 0.1) is 6.54 Å². The van der Waals surface area contributed by atoms with Gasteiger partial charge in [0.1, 0.15) is 0 Å². The van der Waals surface area contributed by atoms with E-state index in [1.165, 1.54) is 12.8 Å². The van der Waals surface area contributed by atoms with Crippen LogP contribution in [0.1, 0.15) is 33.1 Å². The maximum Gasteiger partial charge on any atom is 0.234 e. The molecule has 4 heteroatoms. The second-order valence-electron chi connectivity index (χ2n) is 4.39. The van der Waals surface area contributed by atoms with Gasteiger partial charge in [0.15, 0.2) is 0 Å². The molecule has 0 aromatic rings. The van der Waals surface area contributed by atoms with Crippen molar-refractivity contribution in [3.05, 3.63) is 0 Å². The Morgan fingerprint density at radius 2 is 2.06 bits per heavy atom. The first-order valence-electron chi connectivity index (χ1n) is 6.49. The van der Waals surface area contributed by atoms with Crippen molar-refractivity contribution >= 4 is 5.91 Å². The number of hydrogen-bond acceptors (Lipinski definition) is 3. The smallest absolute Gasteiger partial charge is 0.234 e. The quantitative estimate of drug-likeness (QED) is 0.567. The molecule has 1 rings (SSSR count). The lowest BCUT2D eigenvalue weighted by atomic mass is 10.4. The average molecular weight is 227 g/mol. The van der Waals surface area contributed by atoms with Gasteiger partial charge in [-0.05, 0) is 32.4 Å². The van der Waals surface area contributed by atoms with Gasteiger partial charge in [-0.2, -0.15) is 0 Å². The number of hydrogen-bond donors (Lipinski definition) is 2. The van der Waals surface area contributed by atoms with Crippen LogP contribution in [0.5, 0.6) is 0 Å². The van der Waals surface area contributed by atoms with E-state index in [0.29, 0.717) is 6.54 Å². The lowest BCUT2D eigenvalue weighted by Crippen LogP contribution is -2.39. The van der Waals surface area contributed by atoms with Crippen LogP contribution in [0.15, 0.2) is 0 Å². The number of carbonyl (C=O) groups excluding carboxylic acids is 1. The van der Waals surface area contributed by atoms with E-state index in [2.05, 4.69) is 29.4 Å². The summed E-state index contributed by atoms with van der Waals surface area (Å²) in [6.45, 7) is 8.49. The van der Waals surface area contributed by atoms with Gasteiger partial charge in [-0.1, -0.05) is 13.8 Å². The molecule has 1 aliphatic rings. The highest BCUT2D eigenvalue weighted by Gasteiger charge is 2.27. The number of carbonyl (C=O) groups is 1. The number of nitrogens with zero attached hydrogens (tertiary/aromatic N) is 1. The van der Waals surface area contributed by atoms with Crippen molar-refractivity contribution in [1.29, 1.82) is 0 Å². The molecule has 0 spiro atoms. The standard InChI is InChI=1S/C12H25N3O/c1-3-7-13-10-12(16)14-8-9-15(4-2)11-5-6-11/h11,13H,3-10H2,1-2H3,(H,14,16). The third-order valence-corrected chi connectivity index (χ3v) is 2.90. The fourth-order valence-corrected chi connectivity index (χ4v) is 1.82. The molecule has 0 aromatic carbocycles. The molecular weight excluding hydrogens is 202 g/mol. The zero-order valence-electron chi connectivity index (χ0n) is 10.6. The Morgan fingerprint density at radius 3 is 2.62 bits per heavy atom. The summed E-state index contributed by atoms with van der Waals surface area (Å²) in [5, 5.41) is 6.04. The zero-order valence-corrected chi connectivity index (χ0v) is 10.6. The number of nitrogens with one attached hydrogen (secondary N) is 2. The largest absolute Gasteiger partial charge is 0.354 e. The van der Waals surface area contributed by atoms with Gasteiger partial charge >= 0.3 is 0 Å². The van der Waals surface area contributed by atoms with Crippen molar-refractivity contribution in [2.75, 3.05) is 32.7 Å². The molecule has 0 saturated heterocycles. The van der Waals surface area contributed by atoms with Gasteiger partial charge in [-0.3, -0.25) is 9.69 Å². The molecule has 16 heavy (non-hydrogen) atoms. The molecule has 0 radical (unpaired) electrons. The maximum absolute atomic E-state index is 11.4.